The van der Waals surface area contributed by atoms with Crippen LogP contribution in [0.25, 0.3) is 0 Å². The summed E-state index contributed by atoms with van der Waals surface area (Å²) in [5.41, 5.74) is 6.16. The molecule has 0 bridgehead atoms. The van der Waals surface area contributed by atoms with Gasteiger partial charge in [-0.1, -0.05) is 0 Å². The fourth-order valence-electron chi connectivity index (χ4n) is 2.83. The quantitative estimate of drug-likeness (QED) is 0.314. The minimum Gasteiger partial charge on any atom is -0.477 e. The lowest BCUT2D eigenvalue weighted by Crippen LogP contribution is -2.42. The summed E-state index contributed by atoms with van der Waals surface area (Å²) in [5, 5.41) is 0. The molecule has 0 radical (unpaired) electrons. The molecule has 2 rings (SSSR count). The van der Waals surface area contributed by atoms with E-state index in [1.165, 1.54) is 36.7 Å². The number of alkyl halides is 6. The van der Waals surface area contributed by atoms with Crippen LogP contribution in [0.1, 0.15) is 50.9 Å². The lowest BCUT2D eigenvalue weighted by atomic mass is 10.1. The summed E-state index contributed by atoms with van der Waals surface area (Å²) in [4.78, 5) is 21.9. The Kier molecular flexibility index (Phi) is 9.95. The molecule has 2 aromatic heterocycles. The molecule has 0 aliphatic rings. The number of hydrogen-bond acceptors (Lipinski definition) is 7. The second-order valence-electron chi connectivity index (χ2n) is 8.91. The van der Waals surface area contributed by atoms with Crippen molar-refractivity contribution in [2.24, 2.45) is 5.73 Å². The Morgan fingerprint density at radius 1 is 0.919 bits per heavy atom. The predicted molar refractivity (Wildman–Crippen MR) is 120 cm³/mol. The molecule has 2 aromatic rings. The van der Waals surface area contributed by atoms with Crippen LogP contribution in [-0.2, 0) is 11.3 Å². The van der Waals surface area contributed by atoms with Crippen molar-refractivity contribution in [1.29, 1.82) is 0 Å². The van der Waals surface area contributed by atoms with Crippen LogP contribution in [0.2, 0.25) is 0 Å². The van der Waals surface area contributed by atoms with Gasteiger partial charge in [-0.05, 0) is 44.0 Å². The number of amides is 1. The third-order valence-corrected chi connectivity index (χ3v) is 4.49. The van der Waals surface area contributed by atoms with Gasteiger partial charge in [0.15, 0.2) is 0 Å². The van der Waals surface area contributed by atoms with Gasteiger partial charge in [-0.15, -0.1) is 0 Å². The Hall–Kier alpha value is -3.29. The molecular formula is C23H28F6N4O4. The van der Waals surface area contributed by atoms with E-state index in [-0.39, 0.29) is 18.3 Å². The van der Waals surface area contributed by atoms with E-state index in [1.807, 2.05) is 0 Å². The normalized spacial score (nSPS) is 13.1. The summed E-state index contributed by atoms with van der Waals surface area (Å²) in [6.45, 7) is 3.50. The van der Waals surface area contributed by atoms with E-state index in [9.17, 15) is 31.1 Å². The summed E-state index contributed by atoms with van der Waals surface area (Å²) >= 11 is 0. The van der Waals surface area contributed by atoms with Crippen molar-refractivity contribution >= 4 is 6.09 Å². The average molecular weight is 538 g/mol. The summed E-state index contributed by atoms with van der Waals surface area (Å²) in [6, 6.07) is 5.63. The maximum Gasteiger partial charge on any atom is 0.412 e. The Morgan fingerprint density at radius 2 is 1.43 bits per heavy atom. The van der Waals surface area contributed by atoms with Crippen molar-refractivity contribution in [3.8, 4) is 11.8 Å². The maximum absolute atomic E-state index is 13.0. The first-order valence-corrected chi connectivity index (χ1v) is 11.1. The second-order valence-corrected chi connectivity index (χ2v) is 8.91. The summed E-state index contributed by atoms with van der Waals surface area (Å²) in [6.07, 6.45) is -10.5. The van der Waals surface area contributed by atoms with Gasteiger partial charge in [0.2, 0.25) is 11.8 Å². The highest BCUT2D eigenvalue weighted by Crippen LogP contribution is 2.26. The number of nitrogens with two attached hydrogens (primary N) is 1. The zero-order chi connectivity index (χ0) is 27.9. The van der Waals surface area contributed by atoms with Crippen molar-refractivity contribution in [2.45, 2.75) is 64.3 Å². The molecule has 0 saturated heterocycles. The number of carbonyl (C=O) groups is 1. The minimum absolute atomic E-state index is 0.0799. The summed E-state index contributed by atoms with van der Waals surface area (Å²) in [5.74, 6) is -0.200. The monoisotopic (exact) mass is 538 g/mol. The number of nitrogens with zero attached hydrogens (tertiary/aromatic N) is 3. The van der Waals surface area contributed by atoms with Gasteiger partial charge in [-0.25, -0.2) is 14.8 Å². The van der Waals surface area contributed by atoms with Crippen molar-refractivity contribution in [3.05, 3.63) is 47.8 Å². The first kappa shape index (κ1) is 29.9. The van der Waals surface area contributed by atoms with Gasteiger partial charge < -0.3 is 19.9 Å². The number of pyridine rings is 2. The second kappa shape index (κ2) is 12.3. The lowest BCUT2D eigenvalue weighted by molar-refractivity contribution is -0.140. The van der Waals surface area contributed by atoms with Crippen LogP contribution in [0.5, 0.6) is 11.8 Å². The van der Waals surface area contributed by atoms with Crippen molar-refractivity contribution in [1.82, 2.24) is 14.9 Å². The van der Waals surface area contributed by atoms with Crippen LogP contribution in [0, 0.1) is 0 Å². The number of ether oxygens (including phenoxy) is 3. The van der Waals surface area contributed by atoms with Crippen molar-refractivity contribution < 1.29 is 45.3 Å². The van der Waals surface area contributed by atoms with Crippen LogP contribution in [-0.4, -0.2) is 52.1 Å². The SMILES string of the molecule is CC(C)(C)OC(=O)N(Cc1ccnc(OCCC(F)(F)F)c1)C(N)c1ccnc(OCCC(F)(F)F)c1. The average Bonchev–Trinajstić information content (AvgIpc) is 2.74. The molecular weight excluding hydrogens is 510 g/mol. The molecule has 0 aliphatic heterocycles. The zero-order valence-electron chi connectivity index (χ0n) is 20.4. The third kappa shape index (κ3) is 11.5. The maximum atomic E-state index is 13.0. The van der Waals surface area contributed by atoms with E-state index in [2.05, 4.69) is 9.97 Å². The van der Waals surface area contributed by atoms with E-state index >= 15 is 0 Å². The molecule has 0 fully saturated rings. The summed E-state index contributed by atoms with van der Waals surface area (Å²) in [7, 11) is 0. The van der Waals surface area contributed by atoms with Crippen molar-refractivity contribution in [2.75, 3.05) is 13.2 Å². The van der Waals surface area contributed by atoms with Gasteiger partial charge in [0.25, 0.3) is 0 Å². The van der Waals surface area contributed by atoms with Gasteiger partial charge in [-0.3, -0.25) is 4.90 Å². The molecule has 8 nitrogen and oxygen atoms in total. The molecule has 1 amide bonds. The third-order valence-electron chi connectivity index (χ3n) is 4.49. The fourth-order valence-corrected chi connectivity index (χ4v) is 2.83. The van der Waals surface area contributed by atoms with Crippen molar-refractivity contribution in [3.63, 3.8) is 0 Å². The van der Waals surface area contributed by atoms with E-state index in [0.29, 0.717) is 11.1 Å². The topological polar surface area (TPSA) is 99.8 Å². The van der Waals surface area contributed by atoms with Gasteiger partial charge in [0.05, 0.1) is 32.6 Å². The number of carbonyl (C=O) groups excluding carboxylic acids is 1. The zero-order valence-corrected chi connectivity index (χ0v) is 20.4. The molecule has 206 valence electrons. The highest BCUT2D eigenvalue weighted by Gasteiger charge is 2.30. The summed E-state index contributed by atoms with van der Waals surface area (Å²) < 4.78 is 90.0. The number of rotatable bonds is 10. The van der Waals surface area contributed by atoms with Crippen LogP contribution in [0.15, 0.2) is 36.7 Å². The standard InChI is InChI=1S/C23H28F6N4O4/c1-21(2,3)37-20(34)33(14-15-4-8-31-17(12-15)35-10-6-22(24,25)26)19(30)16-5-9-32-18(13-16)36-11-7-23(27,28)29/h4-5,8-9,12-13,19H,6-7,10-11,14,30H2,1-3H3. The Bertz CT molecular complexity index is 1030. The number of aromatic nitrogens is 2. The van der Waals surface area contributed by atoms with E-state index in [4.69, 9.17) is 19.9 Å². The van der Waals surface area contributed by atoms with Gasteiger partial charge >= 0.3 is 18.4 Å². The van der Waals surface area contributed by atoms with Crippen LogP contribution >= 0.6 is 0 Å². The Balaban J connectivity index is 2.23. The van der Waals surface area contributed by atoms with Gasteiger partial charge in [0, 0.05) is 24.5 Å². The van der Waals surface area contributed by atoms with E-state index in [0.717, 1.165) is 4.90 Å². The molecule has 1 atom stereocenters. The molecule has 0 saturated carbocycles. The number of halogens is 6. The van der Waals surface area contributed by atoms with Crippen LogP contribution < -0.4 is 15.2 Å². The molecule has 0 spiro atoms. The fraction of sp³-hybridized carbons (Fsp3) is 0.522. The van der Waals surface area contributed by atoms with E-state index in [1.54, 1.807) is 20.8 Å². The Morgan fingerprint density at radius 3 is 1.95 bits per heavy atom. The number of hydrogen-bond donors (Lipinski definition) is 1. The largest absolute Gasteiger partial charge is 0.477 e. The van der Waals surface area contributed by atoms with Gasteiger partial charge in [0.1, 0.15) is 11.8 Å². The highest BCUT2D eigenvalue weighted by molar-refractivity contribution is 5.69. The molecule has 37 heavy (non-hydrogen) atoms. The van der Waals surface area contributed by atoms with Crippen LogP contribution in [0.4, 0.5) is 31.1 Å². The lowest BCUT2D eigenvalue weighted by Gasteiger charge is -2.32. The highest BCUT2D eigenvalue weighted by atomic mass is 19.4. The Labute approximate surface area is 209 Å². The van der Waals surface area contributed by atoms with Gasteiger partial charge in [-0.2, -0.15) is 26.3 Å². The first-order valence-electron chi connectivity index (χ1n) is 11.1. The smallest absolute Gasteiger partial charge is 0.412 e. The molecule has 0 aliphatic carbocycles. The molecule has 14 heteroatoms. The first-order chi connectivity index (χ1) is 17.0. The molecule has 1 unspecified atom stereocenters. The van der Waals surface area contributed by atoms with Crippen LogP contribution in [0.3, 0.4) is 0 Å². The molecule has 2 heterocycles. The predicted octanol–water partition coefficient (Wildman–Crippen LogP) is 5.53. The minimum atomic E-state index is -4.40. The molecule has 0 aromatic carbocycles. The van der Waals surface area contributed by atoms with E-state index < -0.39 is 56.3 Å². The molecule has 2 N–H and O–H groups in total.